The molecule has 5 nitrogen and oxygen atoms in total. The van der Waals surface area contributed by atoms with Gasteiger partial charge in [-0.2, -0.15) is 0 Å². The van der Waals surface area contributed by atoms with Gasteiger partial charge in [0.05, 0.1) is 7.11 Å². The minimum atomic E-state index is -0.242. The van der Waals surface area contributed by atoms with Crippen molar-refractivity contribution in [2.45, 2.75) is 13.0 Å². The molecule has 0 bridgehead atoms. The fraction of sp³-hybridized carbons (Fsp3) is 0.182. The van der Waals surface area contributed by atoms with Crippen molar-refractivity contribution >= 4 is 23.2 Å². The first-order valence-corrected chi connectivity index (χ1v) is 9.38. The molecule has 0 fully saturated rings. The minimum absolute atomic E-state index is 0.242. The summed E-state index contributed by atoms with van der Waals surface area (Å²) in [4.78, 5) is 16.6. The monoisotopic (exact) mass is 395 g/mol. The Bertz CT molecular complexity index is 946. The molecule has 1 aromatic heterocycles. The zero-order chi connectivity index (χ0) is 19.8. The quantitative estimate of drug-likeness (QED) is 0.596. The normalized spacial score (nSPS) is 10.4. The summed E-state index contributed by atoms with van der Waals surface area (Å²) in [6.07, 6.45) is 2.43. The standard InChI is InChI=1S/C22H22ClN3O2/c1-28-21-9-5-3-6-16(21)10-12-24-18-11-13-25-20(14-18)22(27)26-15-17-7-2-4-8-19(17)23/h2-9,11,13-14H,10,12,15H2,1H3,(H,24,25)(H,26,27). The maximum absolute atomic E-state index is 12.4. The highest BCUT2D eigenvalue weighted by Gasteiger charge is 2.09. The topological polar surface area (TPSA) is 63.2 Å². The highest BCUT2D eigenvalue weighted by Crippen LogP contribution is 2.18. The zero-order valence-corrected chi connectivity index (χ0v) is 16.4. The minimum Gasteiger partial charge on any atom is -0.496 e. The number of carbonyl (C=O) groups excluding carboxylic acids is 1. The van der Waals surface area contributed by atoms with Gasteiger partial charge in [-0.3, -0.25) is 9.78 Å². The second kappa shape index (κ2) is 9.76. The summed E-state index contributed by atoms with van der Waals surface area (Å²) >= 11 is 6.12. The van der Waals surface area contributed by atoms with Crippen LogP contribution >= 0.6 is 11.6 Å². The maximum Gasteiger partial charge on any atom is 0.270 e. The van der Waals surface area contributed by atoms with Gasteiger partial charge in [0.25, 0.3) is 5.91 Å². The van der Waals surface area contributed by atoms with Crippen LogP contribution in [0.2, 0.25) is 5.02 Å². The van der Waals surface area contributed by atoms with Gasteiger partial charge in [-0.25, -0.2) is 0 Å². The Morgan fingerprint density at radius 3 is 2.61 bits per heavy atom. The van der Waals surface area contributed by atoms with Crippen LogP contribution in [-0.2, 0) is 13.0 Å². The molecule has 6 heteroatoms. The zero-order valence-electron chi connectivity index (χ0n) is 15.6. The second-order valence-electron chi connectivity index (χ2n) is 6.19. The number of methoxy groups -OCH3 is 1. The molecule has 2 N–H and O–H groups in total. The first kappa shape index (κ1) is 19.7. The van der Waals surface area contributed by atoms with Gasteiger partial charge >= 0.3 is 0 Å². The maximum atomic E-state index is 12.4. The van der Waals surface area contributed by atoms with E-state index < -0.39 is 0 Å². The highest BCUT2D eigenvalue weighted by molar-refractivity contribution is 6.31. The summed E-state index contributed by atoms with van der Waals surface area (Å²) in [6.45, 7) is 1.07. The summed E-state index contributed by atoms with van der Waals surface area (Å²) in [7, 11) is 1.67. The molecule has 0 aliphatic rings. The SMILES string of the molecule is COc1ccccc1CCNc1ccnc(C(=O)NCc2ccccc2Cl)c1. The van der Waals surface area contributed by atoms with Crippen LogP contribution in [0.3, 0.4) is 0 Å². The number of ether oxygens (including phenoxy) is 1. The Balaban J connectivity index is 1.56. The van der Waals surface area contributed by atoms with E-state index in [0.29, 0.717) is 23.8 Å². The van der Waals surface area contributed by atoms with E-state index in [1.165, 1.54) is 0 Å². The molecule has 3 rings (SSSR count). The molecule has 0 atom stereocenters. The van der Waals surface area contributed by atoms with E-state index in [-0.39, 0.29) is 5.91 Å². The Kier molecular flexibility index (Phi) is 6.87. The summed E-state index contributed by atoms with van der Waals surface area (Å²) in [6, 6.07) is 18.9. The van der Waals surface area contributed by atoms with Gasteiger partial charge < -0.3 is 15.4 Å². The highest BCUT2D eigenvalue weighted by atomic mass is 35.5. The number of halogens is 1. The lowest BCUT2D eigenvalue weighted by atomic mass is 10.1. The molecule has 0 aliphatic carbocycles. The number of amides is 1. The number of nitrogens with one attached hydrogen (secondary N) is 2. The molecule has 0 radical (unpaired) electrons. The smallest absolute Gasteiger partial charge is 0.270 e. The Morgan fingerprint density at radius 2 is 1.82 bits per heavy atom. The molecule has 0 saturated carbocycles. The molecule has 0 aliphatic heterocycles. The van der Waals surface area contributed by atoms with Crippen molar-refractivity contribution in [1.29, 1.82) is 0 Å². The molecule has 0 saturated heterocycles. The number of rotatable bonds is 8. The first-order chi connectivity index (χ1) is 13.7. The average Bonchev–Trinajstić information content (AvgIpc) is 2.73. The summed E-state index contributed by atoms with van der Waals surface area (Å²) in [5.74, 6) is 0.631. The van der Waals surface area contributed by atoms with Crippen molar-refractivity contribution in [2.75, 3.05) is 19.0 Å². The van der Waals surface area contributed by atoms with Crippen LogP contribution < -0.4 is 15.4 Å². The first-order valence-electron chi connectivity index (χ1n) is 9.01. The summed E-state index contributed by atoms with van der Waals surface area (Å²) in [5.41, 5.74) is 3.19. The fourth-order valence-corrected chi connectivity index (χ4v) is 3.03. The van der Waals surface area contributed by atoms with E-state index in [1.807, 2.05) is 48.5 Å². The van der Waals surface area contributed by atoms with E-state index in [4.69, 9.17) is 16.3 Å². The molecular formula is C22H22ClN3O2. The molecular weight excluding hydrogens is 374 g/mol. The third kappa shape index (κ3) is 5.24. The Labute approximate surface area is 169 Å². The number of benzene rings is 2. The van der Waals surface area contributed by atoms with Crippen molar-refractivity contribution in [1.82, 2.24) is 10.3 Å². The molecule has 28 heavy (non-hydrogen) atoms. The van der Waals surface area contributed by atoms with E-state index in [0.717, 1.165) is 29.0 Å². The van der Waals surface area contributed by atoms with Crippen molar-refractivity contribution in [2.24, 2.45) is 0 Å². The molecule has 1 heterocycles. The predicted octanol–water partition coefficient (Wildman–Crippen LogP) is 4.33. The number of para-hydroxylation sites is 1. The van der Waals surface area contributed by atoms with Crippen LogP contribution in [0.5, 0.6) is 5.75 Å². The third-order valence-corrected chi connectivity index (χ3v) is 4.67. The van der Waals surface area contributed by atoms with Gasteiger partial charge in [0.15, 0.2) is 0 Å². The van der Waals surface area contributed by atoms with Crippen LogP contribution in [0.25, 0.3) is 0 Å². The lowest BCUT2D eigenvalue weighted by molar-refractivity contribution is 0.0946. The van der Waals surface area contributed by atoms with Gasteiger partial charge in [-0.1, -0.05) is 48.0 Å². The predicted molar refractivity (Wildman–Crippen MR) is 112 cm³/mol. The molecule has 144 valence electrons. The lowest BCUT2D eigenvalue weighted by Gasteiger charge is -2.11. The number of hydrogen-bond donors (Lipinski definition) is 2. The molecule has 3 aromatic rings. The number of anilines is 1. The fourth-order valence-electron chi connectivity index (χ4n) is 2.82. The van der Waals surface area contributed by atoms with Crippen molar-refractivity contribution < 1.29 is 9.53 Å². The van der Waals surface area contributed by atoms with E-state index in [1.54, 1.807) is 25.4 Å². The van der Waals surface area contributed by atoms with Gasteiger partial charge in [0, 0.05) is 30.0 Å². The lowest BCUT2D eigenvalue weighted by Crippen LogP contribution is -2.24. The van der Waals surface area contributed by atoms with Crippen molar-refractivity contribution in [3.05, 3.63) is 88.7 Å². The number of pyridine rings is 1. The molecule has 2 aromatic carbocycles. The number of nitrogens with zero attached hydrogens (tertiary/aromatic N) is 1. The van der Waals surface area contributed by atoms with Crippen LogP contribution in [0.4, 0.5) is 5.69 Å². The summed E-state index contributed by atoms with van der Waals surface area (Å²) < 4.78 is 5.37. The van der Waals surface area contributed by atoms with Crippen LogP contribution in [0.1, 0.15) is 21.6 Å². The number of aromatic nitrogens is 1. The van der Waals surface area contributed by atoms with Gasteiger partial charge in [0.1, 0.15) is 11.4 Å². The van der Waals surface area contributed by atoms with Crippen LogP contribution in [0, 0.1) is 0 Å². The van der Waals surface area contributed by atoms with E-state index in [9.17, 15) is 4.79 Å². The largest absolute Gasteiger partial charge is 0.496 e. The van der Waals surface area contributed by atoms with Crippen molar-refractivity contribution in [3.8, 4) is 5.75 Å². The van der Waals surface area contributed by atoms with Crippen LogP contribution in [0.15, 0.2) is 66.9 Å². The number of hydrogen-bond acceptors (Lipinski definition) is 4. The molecule has 1 amide bonds. The van der Waals surface area contributed by atoms with Gasteiger partial charge in [-0.05, 0) is 41.8 Å². The van der Waals surface area contributed by atoms with Gasteiger partial charge in [0.2, 0.25) is 0 Å². The second-order valence-corrected chi connectivity index (χ2v) is 6.60. The van der Waals surface area contributed by atoms with Crippen molar-refractivity contribution in [3.63, 3.8) is 0 Å². The third-order valence-electron chi connectivity index (χ3n) is 4.31. The van der Waals surface area contributed by atoms with Crippen LogP contribution in [-0.4, -0.2) is 24.5 Å². The average molecular weight is 396 g/mol. The molecule has 0 spiro atoms. The Morgan fingerprint density at radius 1 is 1.07 bits per heavy atom. The van der Waals surface area contributed by atoms with E-state index in [2.05, 4.69) is 15.6 Å². The Hall–Kier alpha value is -3.05. The molecule has 0 unspecified atom stereocenters. The number of carbonyl (C=O) groups is 1. The summed E-state index contributed by atoms with van der Waals surface area (Å²) in [5, 5.41) is 6.80. The van der Waals surface area contributed by atoms with Gasteiger partial charge in [-0.15, -0.1) is 0 Å². The van der Waals surface area contributed by atoms with E-state index >= 15 is 0 Å².